The molecule has 0 radical (unpaired) electrons. The van der Waals surface area contributed by atoms with Gasteiger partial charge in [-0.1, -0.05) is 30.3 Å². The maximum Gasteiger partial charge on any atom is 0.410 e. The van der Waals surface area contributed by atoms with Gasteiger partial charge in [-0.3, -0.25) is 33.8 Å². The Hall–Kier alpha value is -8.83. The molecule has 5 saturated heterocycles. The SMILES string of the molecule is CC(C)(C)N1C[C@@H](C(=O)O)[C@H](c2ccc(F)cc2F)C1.CC(C)(C)OC(=O)N1C[C@@H](C(=O)O)[C@H](c2ccc(F)cc2F)C1.COC(=O)[C@@H]1CN(C(=O)OC(C)(C)C)C[C@H]1c1ccc(F)cc1F.COC(=O)[C@@H]1CN(C(C)(C)C)C[C@H]1c1ccc(F)cc1F.COC(=O)[C@@H]1CNC[C@H]1c1ccc(F)cc1F. The highest BCUT2D eigenvalue weighted by atomic mass is 19.2. The molecule has 5 aromatic rings. The van der Waals surface area contributed by atoms with Crippen LogP contribution in [0.3, 0.4) is 0 Å². The van der Waals surface area contributed by atoms with Crippen LogP contribution in [-0.2, 0) is 47.7 Å². The van der Waals surface area contributed by atoms with Crippen LogP contribution in [0, 0.1) is 87.8 Å². The molecule has 5 aliphatic rings. The molecule has 0 aliphatic carbocycles. The standard InChI is InChI=1S/C17H21F2NO4.C16H19F2NO4.C16H21F2NO2.C15H19F2NO2.C12H13F2NO2/c1-17(2,3)24-16(22)20-8-12(13(9-20)15(21)23-4)11-6-5-10(18)7-14(11)19;1-16(2,3)23-15(22)19-7-11(12(8-19)14(20)21)10-5-4-9(17)6-13(10)18;1-16(2,3)19-8-12(13(9-19)15(20)21-4)11-6-5-10(17)7-14(11)18;1-15(2,3)18-7-11(12(8-18)14(19)20)10-5-4-9(16)6-13(10)17;1-17-12(16)10-6-15-5-9(10)8-3-2-7(13)4-11(8)14/h5-7,12-13H,8-9H2,1-4H3;4-6,11-12H,7-8H2,1-3H3,(H,20,21);5-7,12-13H,8-9H2,1-4H3;4-6,11-12H,7-8H2,1-3H3,(H,19,20);2-4,9-10,15H,5-6H2,1H3/t12-,13+;11-,12+;12-,13+;11-,12+;9-,10+/m00000/s1. The van der Waals surface area contributed by atoms with Gasteiger partial charge in [0.25, 0.3) is 0 Å². The summed E-state index contributed by atoms with van der Waals surface area (Å²) in [5.41, 5.74) is -0.429. The third-order valence-electron chi connectivity index (χ3n) is 18.7. The van der Waals surface area contributed by atoms with E-state index in [0.29, 0.717) is 56.5 Å². The molecular formula is C76H93F10N5O14. The molecule has 0 bridgehead atoms. The molecule has 576 valence electrons. The van der Waals surface area contributed by atoms with Gasteiger partial charge in [-0.15, -0.1) is 0 Å². The van der Waals surface area contributed by atoms with E-state index in [1.165, 1.54) is 79.7 Å². The van der Waals surface area contributed by atoms with E-state index in [4.69, 9.17) is 18.9 Å². The molecular weight excluding hydrogens is 1400 g/mol. The van der Waals surface area contributed by atoms with Gasteiger partial charge in [-0.05, 0) is 141 Å². The highest BCUT2D eigenvalue weighted by Gasteiger charge is 2.48. The van der Waals surface area contributed by atoms with Crippen LogP contribution < -0.4 is 5.32 Å². The van der Waals surface area contributed by atoms with E-state index < -0.39 is 147 Å². The molecule has 5 aromatic carbocycles. The summed E-state index contributed by atoms with van der Waals surface area (Å²) in [5, 5.41) is 21.7. The fourth-order valence-electron chi connectivity index (χ4n) is 13.2. The fraction of sp³-hybridized carbons (Fsp3) is 0.513. The van der Waals surface area contributed by atoms with E-state index in [1.807, 2.05) is 46.4 Å². The van der Waals surface area contributed by atoms with E-state index >= 15 is 0 Å². The average Bonchev–Trinajstić information content (AvgIpc) is 1.80. The van der Waals surface area contributed by atoms with Gasteiger partial charge in [0.1, 0.15) is 69.4 Å². The third-order valence-corrected chi connectivity index (χ3v) is 18.7. The molecule has 0 unspecified atom stereocenters. The first-order valence-electron chi connectivity index (χ1n) is 33.9. The van der Waals surface area contributed by atoms with Crippen molar-refractivity contribution in [1.29, 1.82) is 0 Å². The molecule has 105 heavy (non-hydrogen) atoms. The van der Waals surface area contributed by atoms with E-state index in [2.05, 4.69) is 15.0 Å². The number of hydrogen-bond donors (Lipinski definition) is 3. The number of ether oxygens (including phenoxy) is 5. The van der Waals surface area contributed by atoms with Crippen LogP contribution in [0.1, 0.15) is 140 Å². The van der Waals surface area contributed by atoms with Gasteiger partial charge in [0.05, 0.1) is 50.9 Å². The minimum absolute atomic E-state index is 0.00837. The average molecular weight is 1490 g/mol. The lowest BCUT2D eigenvalue weighted by Gasteiger charge is -2.31. The van der Waals surface area contributed by atoms with Crippen molar-refractivity contribution >= 4 is 42.0 Å². The van der Waals surface area contributed by atoms with E-state index in [-0.39, 0.29) is 77.7 Å². The van der Waals surface area contributed by atoms with Crippen LogP contribution >= 0.6 is 0 Å². The molecule has 19 nitrogen and oxygen atoms in total. The lowest BCUT2D eigenvalue weighted by Crippen LogP contribution is -2.40. The molecule has 5 aliphatic heterocycles. The maximum absolute atomic E-state index is 14.1. The normalized spacial score (nSPS) is 22.5. The maximum atomic E-state index is 14.1. The number of nitrogens with zero attached hydrogens (tertiary/aromatic N) is 4. The van der Waals surface area contributed by atoms with Crippen molar-refractivity contribution in [1.82, 2.24) is 24.9 Å². The molecule has 0 spiro atoms. The zero-order chi connectivity index (χ0) is 78.7. The smallest absolute Gasteiger partial charge is 0.410 e. The van der Waals surface area contributed by atoms with Gasteiger partial charge >= 0.3 is 42.0 Å². The number of methoxy groups -OCH3 is 3. The number of hydrogen-bond acceptors (Lipinski definition) is 15. The molecule has 10 rings (SSSR count). The second-order valence-electron chi connectivity index (χ2n) is 30.2. The van der Waals surface area contributed by atoms with Gasteiger partial charge in [0.2, 0.25) is 0 Å². The van der Waals surface area contributed by atoms with Crippen LogP contribution in [0.2, 0.25) is 0 Å². The van der Waals surface area contributed by atoms with Crippen molar-refractivity contribution in [2.45, 2.75) is 135 Å². The first-order chi connectivity index (χ1) is 48.8. The number of nitrogens with one attached hydrogen (secondary N) is 1. The Morgan fingerprint density at radius 1 is 0.352 bits per heavy atom. The summed E-state index contributed by atoms with van der Waals surface area (Å²) in [6, 6.07) is 16.5. The van der Waals surface area contributed by atoms with Crippen molar-refractivity contribution in [3.8, 4) is 0 Å². The van der Waals surface area contributed by atoms with E-state index in [9.17, 15) is 87.7 Å². The summed E-state index contributed by atoms with van der Waals surface area (Å²) in [5.74, 6) is -15.8. The summed E-state index contributed by atoms with van der Waals surface area (Å²) in [4.78, 5) is 89.5. The summed E-state index contributed by atoms with van der Waals surface area (Å²) in [7, 11) is 3.87. The Morgan fingerprint density at radius 2 is 0.610 bits per heavy atom. The summed E-state index contributed by atoms with van der Waals surface area (Å²) < 4.78 is 160. The lowest BCUT2D eigenvalue weighted by atomic mass is 9.88. The Labute approximate surface area is 604 Å². The zero-order valence-electron chi connectivity index (χ0n) is 61.4. The first kappa shape index (κ1) is 85.1. The predicted octanol–water partition coefficient (Wildman–Crippen LogP) is 13.3. The van der Waals surface area contributed by atoms with Gasteiger partial charge < -0.3 is 49.0 Å². The topological polar surface area (TPSA) is 231 Å². The van der Waals surface area contributed by atoms with Crippen LogP contribution in [-0.4, -0.2) is 181 Å². The van der Waals surface area contributed by atoms with Crippen molar-refractivity contribution in [3.63, 3.8) is 0 Å². The second kappa shape index (κ2) is 35.5. The van der Waals surface area contributed by atoms with Gasteiger partial charge in [0.15, 0.2) is 0 Å². The van der Waals surface area contributed by atoms with Crippen molar-refractivity contribution in [2.24, 2.45) is 29.6 Å². The summed E-state index contributed by atoms with van der Waals surface area (Å²) >= 11 is 0. The Bertz CT molecular complexity index is 3920. The van der Waals surface area contributed by atoms with Gasteiger partial charge in [-0.2, -0.15) is 0 Å². The van der Waals surface area contributed by atoms with E-state index in [0.717, 1.165) is 36.4 Å². The number of carboxylic acids is 2. The van der Waals surface area contributed by atoms with Gasteiger partial charge in [0, 0.05) is 136 Å². The third kappa shape index (κ3) is 22.8. The van der Waals surface area contributed by atoms with Crippen LogP contribution in [0.5, 0.6) is 0 Å². The van der Waals surface area contributed by atoms with Crippen molar-refractivity contribution in [3.05, 3.63) is 177 Å². The molecule has 0 aromatic heterocycles. The van der Waals surface area contributed by atoms with Crippen LogP contribution in [0.4, 0.5) is 53.5 Å². The minimum atomic E-state index is -1.13. The number of likely N-dealkylation sites (tertiary alicyclic amines) is 4. The molecule has 5 fully saturated rings. The van der Waals surface area contributed by atoms with Crippen molar-refractivity contribution in [2.75, 3.05) is 86.8 Å². The summed E-state index contributed by atoms with van der Waals surface area (Å²) in [6.07, 6.45) is -1.23. The number of carbonyl (C=O) groups is 7. The first-order valence-corrected chi connectivity index (χ1v) is 33.9. The number of carbonyl (C=O) groups excluding carboxylic acids is 5. The number of amides is 2. The predicted molar refractivity (Wildman–Crippen MR) is 365 cm³/mol. The molecule has 3 N–H and O–H groups in total. The molecule has 5 heterocycles. The Balaban J connectivity index is 0.000000207. The van der Waals surface area contributed by atoms with Gasteiger partial charge in [-0.25, -0.2) is 53.5 Å². The quantitative estimate of drug-likeness (QED) is 0.0670. The number of rotatable bonds is 10. The summed E-state index contributed by atoms with van der Waals surface area (Å²) in [6.45, 7) is 25.3. The Morgan fingerprint density at radius 3 is 0.905 bits per heavy atom. The zero-order valence-corrected chi connectivity index (χ0v) is 61.4. The fourth-order valence-corrected chi connectivity index (χ4v) is 13.2. The second-order valence-corrected chi connectivity index (χ2v) is 30.2. The molecule has 0 saturated carbocycles. The molecule has 2 amide bonds. The minimum Gasteiger partial charge on any atom is -0.481 e. The van der Waals surface area contributed by atoms with Crippen LogP contribution in [0.25, 0.3) is 0 Å². The number of halogens is 10. The number of carboxylic acid groups (broad SMARTS) is 2. The number of aliphatic carboxylic acids is 2. The highest BCUT2D eigenvalue weighted by Crippen LogP contribution is 2.42. The van der Waals surface area contributed by atoms with Crippen molar-refractivity contribution < 1.29 is 111 Å². The highest BCUT2D eigenvalue weighted by molar-refractivity contribution is 5.78. The Kier molecular flexibility index (Phi) is 28.8. The molecule has 29 heteroatoms. The number of esters is 3. The molecule has 10 atom stereocenters. The lowest BCUT2D eigenvalue weighted by molar-refractivity contribution is -0.146. The monoisotopic (exact) mass is 1490 g/mol. The van der Waals surface area contributed by atoms with Crippen LogP contribution in [0.15, 0.2) is 91.0 Å². The number of benzene rings is 5. The van der Waals surface area contributed by atoms with E-state index in [1.54, 1.807) is 41.5 Å². The largest absolute Gasteiger partial charge is 0.481 e.